The van der Waals surface area contributed by atoms with E-state index in [4.69, 9.17) is 16.0 Å². The van der Waals surface area contributed by atoms with Crippen molar-refractivity contribution in [1.82, 2.24) is 20.3 Å². The zero-order valence-electron chi connectivity index (χ0n) is 20.5. The van der Waals surface area contributed by atoms with Gasteiger partial charge < -0.3 is 15.1 Å². The molecule has 1 atom stereocenters. The van der Waals surface area contributed by atoms with Crippen LogP contribution in [0.4, 0.5) is 5.69 Å². The second-order valence-corrected chi connectivity index (χ2v) is 11.0. The lowest BCUT2D eigenvalue weighted by atomic mass is 9.99. The monoisotopic (exact) mass is 553 g/mol. The predicted molar refractivity (Wildman–Crippen MR) is 142 cm³/mol. The first-order valence-corrected chi connectivity index (χ1v) is 13.5. The van der Waals surface area contributed by atoms with Crippen molar-refractivity contribution < 1.29 is 22.4 Å². The summed E-state index contributed by atoms with van der Waals surface area (Å²) in [5.74, 6) is -0.730. The highest BCUT2D eigenvalue weighted by molar-refractivity contribution is 7.92. The molecule has 4 rings (SSSR count). The summed E-state index contributed by atoms with van der Waals surface area (Å²) < 4.78 is 31.3. The summed E-state index contributed by atoms with van der Waals surface area (Å²) >= 11 is 5.69. The van der Waals surface area contributed by atoms with Crippen LogP contribution in [-0.2, 0) is 25.8 Å². The molecule has 0 saturated heterocycles. The number of carbonyl (C=O) groups is 2. The van der Waals surface area contributed by atoms with Gasteiger partial charge in [-0.1, -0.05) is 17.7 Å². The first-order valence-electron chi connectivity index (χ1n) is 11.5. The van der Waals surface area contributed by atoms with Crippen LogP contribution in [0, 0.1) is 6.92 Å². The molecule has 38 heavy (non-hydrogen) atoms. The first kappa shape index (κ1) is 27.0. The summed E-state index contributed by atoms with van der Waals surface area (Å²) in [4.78, 5) is 37.5. The van der Waals surface area contributed by atoms with Gasteiger partial charge in [0, 0.05) is 22.9 Å². The van der Waals surface area contributed by atoms with Crippen molar-refractivity contribution in [1.29, 1.82) is 0 Å². The standard InChI is InChI=1S/C26H24ClN5O5S/c1-16-3-6-20(7-4-16)38(35,36)17(2)31-24(33)10-19-12-28-14-30-26(19)21-9-18(23-13-29-15-37-23)5-8-22(21)32-25(34)11-27/h3-9,12-15,17H,10-11H2,1-2H3,(H,31,33)(H,32,34). The molecule has 196 valence electrons. The molecule has 2 N–H and O–H groups in total. The number of sulfone groups is 1. The van der Waals surface area contributed by atoms with Gasteiger partial charge in [-0.25, -0.2) is 23.4 Å². The highest BCUT2D eigenvalue weighted by Gasteiger charge is 2.25. The fraction of sp³-hybridized carbons (Fsp3) is 0.192. The number of anilines is 1. The lowest BCUT2D eigenvalue weighted by Crippen LogP contribution is -2.39. The van der Waals surface area contributed by atoms with E-state index in [2.05, 4.69) is 25.6 Å². The van der Waals surface area contributed by atoms with Gasteiger partial charge in [-0.2, -0.15) is 0 Å². The van der Waals surface area contributed by atoms with E-state index in [-0.39, 0.29) is 17.2 Å². The molecule has 0 aliphatic heterocycles. The van der Waals surface area contributed by atoms with Crippen LogP contribution in [0.2, 0.25) is 0 Å². The van der Waals surface area contributed by atoms with E-state index >= 15 is 0 Å². The van der Waals surface area contributed by atoms with E-state index in [0.717, 1.165) is 5.56 Å². The molecule has 0 aliphatic rings. The van der Waals surface area contributed by atoms with Crippen LogP contribution in [0.15, 0.2) is 76.9 Å². The molecule has 2 aromatic carbocycles. The molecule has 10 nitrogen and oxygen atoms in total. The maximum absolute atomic E-state index is 13.0. The fourth-order valence-corrected chi connectivity index (χ4v) is 5.01. The summed E-state index contributed by atoms with van der Waals surface area (Å²) in [6.45, 7) is 3.27. The average Bonchev–Trinajstić information content (AvgIpc) is 3.44. The summed E-state index contributed by atoms with van der Waals surface area (Å²) in [5, 5.41) is 4.12. The van der Waals surface area contributed by atoms with E-state index < -0.39 is 27.0 Å². The summed E-state index contributed by atoms with van der Waals surface area (Å²) in [7, 11) is -3.80. The number of oxazole rings is 1. The average molecular weight is 554 g/mol. The topological polar surface area (TPSA) is 144 Å². The van der Waals surface area contributed by atoms with Crippen molar-refractivity contribution in [2.75, 3.05) is 11.2 Å². The number of halogens is 1. The predicted octanol–water partition coefficient (Wildman–Crippen LogP) is 3.76. The molecule has 0 spiro atoms. The van der Waals surface area contributed by atoms with Crippen LogP contribution in [-0.4, -0.2) is 46.4 Å². The number of amides is 2. The summed E-state index contributed by atoms with van der Waals surface area (Å²) in [6.07, 6.45) is 5.41. The number of alkyl halides is 1. The molecule has 0 fully saturated rings. The van der Waals surface area contributed by atoms with Crippen molar-refractivity contribution in [3.05, 3.63) is 78.7 Å². The number of nitrogens with one attached hydrogen (secondary N) is 2. The van der Waals surface area contributed by atoms with E-state index in [0.29, 0.717) is 33.8 Å². The minimum atomic E-state index is -3.80. The molecule has 2 heterocycles. The van der Waals surface area contributed by atoms with Crippen molar-refractivity contribution in [3.8, 4) is 22.6 Å². The number of carbonyl (C=O) groups excluding carboxylic acids is 2. The number of hydrogen-bond acceptors (Lipinski definition) is 8. The third kappa shape index (κ3) is 6.06. The van der Waals surface area contributed by atoms with Crippen molar-refractivity contribution >= 4 is 38.9 Å². The molecule has 0 aliphatic carbocycles. The quantitative estimate of drug-likeness (QED) is 0.298. The molecular formula is C26H24ClN5O5S. The Bertz CT molecular complexity index is 1560. The Labute approximate surface area is 224 Å². The zero-order valence-corrected chi connectivity index (χ0v) is 22.1. The van der Waals surface area contributed by atoms with E-state index in [1.165, 1.54) is 38.0 Å². The Balaban J connectivity index is 1.63. The maximum atomic E-state index is 13.0. The molecular weight excluding hydrogens is 530 g/mol. The van der Waals surface area contributed by atoms with Gasteiger partial charge in [0.05, 0.1) is 28.9 Å². The maximum Gasteiger partial charge on any atom is 0.239 e. The van der Waals surface area contributed by atoms with Gasteiger partial charge in [-0.15, -0.1) is 11.6 Å². The molecule has 2 amide bonds. The van der Waals surface area contributed by atoms with Gasteiger partial charge in [0.15, 0.2) is 22.0 Å². The number of aryl methyl sites for hydroxylation is 1. The van der Waals surface area contributed by atoms with Gasteiger partial charge in [-0.3, -0.25) is 9.59 Å². The number of rotatable bonds is 9. The molecule has 4 aromatic rings. The SMILES string of the molecule is Cc1ccc(S(=O)(=O)C(C)NC(=O)Cc2cncnc2-c2cc(-c3cnco3)ccc2NC(=O)CCl)cc1. The van der Waals surface area contributed by atoms with Crippen LogP contribution < -0.4 is 10.6 Å². The van der Waals surface area contributed by atoms with Crippen LogP contribution in [0.3, 0.4) is 0 Å². The smallest absolute Gasteiger partial charge is 0.239 e. The fourth-order valence-electron chi connectivity index (χ4n) is 3.74. The molecule has 0 saturated carbocycles. The molecule has 2 aromatic heterocycles. The first-order chi connectivity index (χ1) is 18.2. The number of aromatic nitrogens is 3. The number of nitrogens with zero attached hydrogens (tertiary/aromatic N) is 3. The third-order valence-electron chi connectivity index (χ3n) is 5.71. The Morgan fingerprint density at radius 2 is 1.82 bits per heavy atom. The van der Waals surface area contributed by atoms with Gasteiger partial charge >= 0.3 is 0 Å². The Hall–Kier alpha value is -4.09. The van der Waals surface area contributed by atoms with Gasteiger partial charge in [0.2, 0.25) is 11.8 Å². The van der Waals surface area contributed by atoms with Crippen LogP contribution in [0.25, 0.3) is 22.6 Å². The van der Waals surface area contributed by atoms with Crippen LogP contribution in [0.5, 0.6) is 0 Å². The lowest BCUT2D eigenvalue weighted by Gasteiger charge is -2.17. The largest absolute Gasteiger partial charge is 0.444 e. The summed E-state index contributed by atoms with van der Waals surface area (Å²) in [6, 6.07) is 11.5. The molecule has 0 bridgehead atoms. The van der Waals surface area contributed by atoms with Gasteiger partial charge in [-0.05, 0) is 44.2 Å². The molecule has 1 unspecified atom stereocenters. The van der Waals surface area contributed by atoms with Crippen molar-refractivity contribution in [3.63, 3.8) is 0 Å². The van der Waals surface area contributed by atoms with Gasteiger partial charge in [0.25, 0.3) is 0 Å². The lowest BCUT2D eigenvalue weighted by molar-refractivity contribution is -0.120. The highest BCUT2D eigenvalue weighted by Crippen LogP contribution is 2.33. The minimum absolute atomic E-state index is 0.114. The van der Waals surface area contributed by atoms with E-state index in [9.17, 15) is 18.0 Å². The Morgan fingerprint density at radius 1 is 1.05 bits per heavy atom. The summed E-state index contributed by atoms with van der Waals surface area (Å²) in [5.41, 5.74) is 3.27. The van der Waals surface area contributed by atoms with Crippen molar-refractivity contribution in [2.24, 2.45) is 0 Å². The molecule has 12 heteroatoms. The van der Waals surface area contributed by atoms with Gasteiger partial charge in [0.1, 0.15) is 17.6 Å². The molecule has 0 radical (unpaired) electrons. The van der Waals surface area contributed by atoms with E-state index in [1.807, 2.05) is 6.92 Å². The Kier molecular flexibility index (Phi) is 8.18. The normalized spacial score (nSPS) is 12.1. The third-order valence-corrected chi connectivity index (χ3v) is 7.93. The van der Waals surface area contributed by atoms with Crippen LogP contribution >= 0.6 is 11.6 Å². The Morgan fingerprint density at radius 3 is 2.50 bits per heavy atom. The highest BCUT2D eigenvalue weighted by atomic mass is 35.5. The van der Waals surface area contributed by atoms with E-state index in [1.54, 1.807) is 36.5 Å². The minimum Gasteiger partial charge on any atom is -0.444 e. The zero-order chi connectivity index (χ0) is 27.3. The second kappa shape index (κ2) is 11.5. The number of hydrogen-bond donors (Lipinski definition) is 2. The number of benzene rings is 2. The second-order valence-electron chi connectivity index (χ2n) is 8.45. The van der Waals surface area contributed by atoms with Crippen LogP contribution in [0.1, 0.15) is 18.1 Å². The van der Waals surface area contributed by atoms with Crippen molar-refractivity contribution in [2.45, 2.75) is 30.5 Å².